The van der Waals surface area contributed by atoms with E-state index in [1.807, 2.05) is 0 Å². The number of nitrogens with two attached hydrogens (primary N) is 1. The van der Waals surface area contributed by atoms with E-state index in [1.54, 1.807) is 13.8 Å². The summed E-state index contributed by atoms with van der Waals surface area (Å²) in [5, 5.41) is 7.18. The number of hydrogen-bond donors (Lipinski definition) is 3. The molecule has 0 fully saturated rings. The van der Waals surface area contributed by atoms with E-state index in [1.165, 1.54) is 0 Å². The maximum atomic E-state index is 10.8. The van der Waals surface area contributed by atoms with E-state index < -0.39 is 15.6 Å². The van der Waals surface area contributed by atoms with Crippen LogP contribution in [-0.2, 0) is 10.0 Å². The molecule has 0 aromatic carbocycles. The van der Waals surface area contributed by atoms with Crippen LogP contribution in [0.25, 0.3) is 0 Å². The Hall–Kier alpha value is -0.620. The minimum absolute atomic E-state index is 0.171. The maximum Gasteiger partial charge on any atom is 0.209 e. The van der Waals surface area contributed by atoms with E-state index in [2.05, 4.69) is 4.72 Å². The number of amidine groups is 1. The smallest absolute Gasteiger partial charge is 0.209 e. The fourth-order valence-corrected chi connectivity index (χ4v) is 1.80. The largest absolute Gasteiger partial charge is 0.386 e. The molecule has 0 radical (unpaired) electrons. The van der Waals surface area contributed by atoms with Crippen LogP contribution < -0.4 is 10.5 Å². The second kappa shape index (κ2) is 3.40. The molecule has 0 spiro atoms. The molecule has 0 saturated heterocycles. The van der Waals surface area contributed by atoms with Crippen LogP contribution in [0.4, 0.5) is 0 Å². The van der Waals surface area contributed by atoms with Crippen LogP contribution in [0.3, 0.4) is 0 Å². The van der Waals surface area contributed by atoms with Crippen LogP contribution >= 0.6 is 0 Å². The van der Waals surface area contributed by atoms with Crippen LogP contribution in [0.2, 0.25) is 0 Å². The lowest BCUT2D eigenvalue weighted by Gasteiger charge is -2.26. The predicted octanol–water partition coefficient (Wildman–Crippen LogP) is -0.360. The van der Waals surface area contributed by atoms with Crippen molar-refractivity contribution in [2.75, 3.05) is 6.26 Å². The van der Waals surface area contributed by atoms with Crippen molar-refractivity contribution >= 4 is 15.9 Å². The van der Waals surface area contributed by atoms with Gasteiger partial charge in [0.1, 0.15) is 5.84 Å². The first-order valence-corrected chi connectivity index (χ1v) is 5.44. The fraction of sp³-hybridized carbons (Fsp3) is 0.833. The molecule has 0 rings (SSSR count). The quantitative estimate of drug-likeness (QED) is 0.420. The van der Waals surface area contributed by atoms with E-state index in [0.29, 0.717) is 6.42 Å². The van der Waals surface area contributed by atoms with Gasteiger partial charge in [-0.15, -0.1) is 0 Å². The molecule has 1 atom stereocenters. The Bertz CT molecular complexity index is 273. The van der Waals surface area contributed by atoms with Gasteiger partial charge in [0.25, 0.3) is 0 Å². The summed E-state index contributed by atoms with van der Waals surface area (Å²) in [5.41, 5.74) is 4.29. The number of rotatable bonds is 4. The predicted molar refractivity (Wildman–Crippen MR) is 48.6 cm³/mol. The summed E-state index contributed by atoms with van der Waals surface area (Å²) in [4.78, 5) is 0. The van der Waals surface area contributed by atoms with Crippen molar-refractivity contribution in [3.63, 3.8) is 0 Å². The summed E-state index contributed by atoms with van der Waals surface area (Å²) in [5.74, 6) is -0.171. The Morgan fingerprint density at radius 2 is 2.08 bits per heavy atom. The first-order valence-electron chi connectivity index (χ1n) is 3.55. The molecule has 12 heavy (non-hydrogen) atoms. The molecule has 0 aliphatic heterocycles. The highest BCUT2D eigenvalue weighted by Gasteiger charge is 2.28. The average Bonchev–Trinajstić information content (AvgIpc) is 1.83. The minimum Gasteiger partial charge on any atom is -0.386 e. The van der Waals surface area contributed by atoms with E-state index in [9.17, 15) is 8.42 Å². The van der Waals surface area contributed by atoms with Gasteiger partial charge in [0, 0.05) is 0 Å². The molecular weight excluding hydrogens is 178 g/mol. The van der Waals surface area contributed by atoms with Crippen LogP contribution in [0.1, 0.15) is 20.3 Å². The van der Waals surface area contributed by atoms with Gasteiger partial charge in [-0.05, 0) is 13.3 Å². The van der Waals surface area contributed by atoms with Crippen LogP contribution in [0, 0.1) is 5.41 Å². The summed E-state index contributed by atoms with van der Waals surface area (Å²) in [7, 11) is -3.31. The van der Waals surface area contributed by atoms with Crippen LogP contribution in [0.5, 0.6) is 0 Å². The molecular formula is C6H15N3O2S. The average molecular weight is 193 g/mol. The molecule has 0 aromatic rings. The van der Waals surface area contributed by atoms with Crippen LogP contribution in [0.15, 0.2) is 0 Å². The monoisotopic (exact) mass is 193 g/mol. The van der Waals surface area contributed by atoms with Crippen molar-refractivity contribution in [2.45, 2.75) is 25.8 Å². The highest BCUT2D eigenvalue weighted by atomic mass is 32.2. The Kier molecular flexibility index (Phi) is 3.23. The van der Waals surface area contributed by atoms with E-state index in [-0.39, 0.29) is 5.84 Å². The molecule has 0 aliphatic rings. The molecule has 72 valence electrons. The Balaban J connectivity index is 4.69. The molecule has 0 heterocycles. The lowest BCUT2D eigenvalue weighted by atomic mass is 10.00. The topological polar surface area (TPSA) is 96.0 Å². The van der Waals surface area contributed by atoms with E-state index in [0.717, 1.165) is 6.26 Å². The zero-order valence-electron chi connectivity index (χ0n) is 7.51. The second-order valence-corrected chi connectivity index (χ2v) is 4.72. The van der Waals surface area contributed by atoms with Crippen molar-refractivity contribution in [2.24, 2.45) is 5.73 Å². The summed E-state index contributed by atoms with van der Waals surface area (Å²) < 4.78 is 24.0. The molecule has 0 aromatic heterocycles. The number of hydrogen-bond acceptors (Lipinski definition) is 3. The molecule has 0 bridgehead atoms. The Labute approximate surface area is 72.9 Å². The summed E-state index contributed by atoms with van der Waals surface area (Å²) in [6.07, 6.45) is 1.50. The highest BCUT2D eigenvalue weighted by Crippen LogP contribution is 2.09. The molecule has 6 heteroatoms. The molecule has 4 N–H and O–H groups in total. The van der Waals surface area contributed by atoms with E-state index in [4.69, 9.17) is 11.1 Å². The third kappa shape index (κ3) is 3.19. The molecule has 0 aliphatic carbocycles. The third-order valence-corrected chi connectivity index (χ3v) is 2.53. The van der Waals surface area contributed by atoms with Gasteiger partial charge in [0.2, 0.25) is 10.0 Å². The normalized spacial score (nSPS) is 16.9. The van der Waals surface area contributed by atoms with Crippen molar-refractivity contribution in [1.82, 2.24) is 4.72 Å². The zero-order valence-corrected chi connectivity index (χ0v) is 8.33. The summed E-state index contributed by atoms with van der Waals surface area (Å²) in [6.45, 7) is 3.34. The number of sulfonamides is 1. The van der Waals surface area contributed by atoms with Crippen LogP contribution in [-0.4, -0.2) is 26.0 Å². The molecule has 0 amide bonds. The maximum absolute atomic E-state index is 10.8. The third-order valence-electron chi connectivity index (χ3n) is 1.71. The molecule has 0 saturated carbocycles. The van der Waals surface area contributed by atoms with Gasteiger partial charge in [-0.1, -0.05) is 6.92 Å². The Morgan fingerprint density at radius 1 is 1.67 bits per heavy atom. The summed E-state index contributed by atoms with van der Waals surface area (Å²) >= 11 is 0. The van der Waals surface area contributed by atoms with Gasteiger partial charge in [0.15, 0.2) is 0 Å². The lowest BCUT2D eigenvalue weighted by Crippen LogP contribution is -2.54. The highest BCUT2D eigenvalue weighted by molar-refractivity contribution is 7.88. The number of nitrogens with one attached hydrogen (secondary N) is 2. The van der Waals surface area contributed by atoms with Gasteiger partial charge in [-0.3, -0.25) is 5.41 Å². The van der Waals surface area contributed by atoms with Gasteiger partial charge in [0.05, 0.1) is 11.8 Å². The van der Waals surface area contributed by atoms with Gasteiger partial charge >= 0.3 is 0 Å². The van der Waals surface area contributed by atoms with Gasteiger partial charge in [-0.25, -0.2) is 13.1 Å². The van der Waals surface area contributed by atoms with Gasteiger partial charge in [-0.2, -0.15) is 0 Å². The fourth-order valence-electron chi connectivity index (χ4n) is 0.727. The minimum atomic E-state index is -3.31. The SMILES string of the molecule is CCC(C)(NS(C)(=O)=O)C(=N)N. The lowest BCUT2D eigenvalue weighted by molar-refractivity contribution is 0.509. The first kappa shape index (κ1) is 11.4. The first-order chi connectivity index (χ1) is 5.21. The van der Waals surface area contributed by atoms with Gasteiger partial charge < -0.3 is 5.73 Å². The van der Waals surface area contributed by atoms with E-state index >= 15 is 0 Å². The van der Waals surface area contributed by atoms with Crippen molar-refractivity contribution in [3.8, 4) is 0 Å². The van der Waals surface area contributed by atoms with Crippen molar-refractivity contribution in [3.05, 3.63) is 0 Å². The van der Waals surface area contributed by atoms with Crippen molar-refractivity contribution < 1.29 is 8.42 Å². The molecule has 5 nitrogen and oxygen atoms in total. The standard InChI is InChI=1S/C6H15N3O2S/c1-4-6(2,5(7)8)9-12(3,10)11/h9H,4H2,1-3H3,(H3,7,8). The zero-order chi connectivity index (χ0) is 9.99. The second-order valence-electron chi connectivity index (χ2n) is 2.97. The summed E-state index contributed by atoms with van der Waals surface area (Å²) in [6, 6.07) is 0. The molecule has 1 unspecified atom stereocenters. The van der Waals surface area contributed by atoms with Crippen molar-refractivity contribution in [1.29, 1.82) is 5.41 Å². The Morgan fingerprint density at radius 3 is 2.17 bits per heavy atom.